The Morgan fingerprint density at radius 3 is 2.42 bits per heavy atom. The molecule has 0 saturated heterocycles. The molecule has 2 rings (SSSR count). The van der Waals surface area contributed by atoms with Gasteiger partial charge in [-0.3, -0.25) is 9.59 Å². The Hall–Kier alpha value is -2.48. The Morgan fingerprint density at radius 2 is 1.79 bits per heavy atom. The summed E-state index contributed by atoms with van der Waals surface area (Å²) in [6, 6.07) is 10.1. The van der Waals surface area contributed by atoms with E-state index in [9.17, 15) is 9.59 Å². The van der Waals surface area contributed by atoms with Crippen LogP contribution in [0.2, 0.25) is 0 Å². The highest BCUT2D eigenvalue weighted by molar-refractivity contribution is 9.10. The summed E-state index contributed by atoms with van der Waals surface area (Å²) in [7, 11) is 1.58. The van der Waals surface area contributed by atoms with E-state index in [1.165, 1.54) is 6.07 Å². The van der Waals surface area contributed by atoms with E-state index in [4.69, 9.17) is 18.6 Å². The summed E-state index contributed by atoms with van der Waals surface area (Å²) in [5.41, 5.74) is 0. The predicted molar refractivity (Wildman–Crippen MR) is 88.2 cm³/mol. The van der Waals surface area contributed by atoms with Gasteiger partial charge in [0.25, 0.3) is 5.91 Å². The van der Waals surface area contributed by atoms with Gasteiger partial charge in [0.15, 0.2) is 10.4 Å². The second kappa shape index (κ2) is 8.97. The largest absolute Gasteiger partial charge is 0.497 e. The summed E-state index contributed by atoms with van der Waals surface area (Å²) in [6.07, 6.45) is 0. The molecule has 7 nitrogen and oxygen atoms in total. The number of halogens is 1. The number of methoxy groups -OCH3 is 1. The number of hydrogen-bond donors (Lipinski definition) is 1. The fraction of sp³-hybridized carbons (Fsp3) is 0.250. The van der Waals surface area contributed by atoms with Crippen molar-refractivity contribution >= 4 is 27.8 Å². The standard InChI is InChI=1S/C16H16BrNO6/c1-21-11-2-4-12(5-3-11)22-8-9-23-15(19)10-18-16(20)13-6-7-14(17)24-13/h2-7H,8-10H2,1H3,(H,18,20). The Bertz CT molecular complexity index is 682. The maximum atomic E-state index is 11.7. The van der Waals surface area contributed by atoms with Gasteiger partial charge in [0.2, 0.25) is 0 Å². The first-order valence-corrected chi connectivity index (χ1v) is 7.84. The lowest BCUT2D eigenvalue weighted by Gasteiger charge is -2.08. The zero-order valence-corrected chi connectivity index (χ0v) is 14.5. The summed E-state index contributed by atoms with van der Waals surface area (Å²) in [6.45, 7) is 0.0316. The van der Waals surface area contributed by atoms with Crippen LogP contribution < -0.4 is 14.8 Å². The van der Waals surface area contributed by atoms with Crippen molar-refractivity contribution in [1.82, 2.24) is 5.32 Å². The van der Waals surface area contributed by atoms with Crippen molar-refractivity contribution in [2.45, 2.75) is 0 Å². The number of furan rings is 1. The molecule has 0 aliphatic carbocycles. The molecule has 1 amide bonds. The zero-order valence-electron chi connectivity index (χ0n) is 12.9. The minimum absolute atomic E-state index is 0.0764. The Kier molecular flexibility index (Phi) is 6.68. The van der Waals surface area contributed by atoms with Gasteiger partial charge in [-0.15, -0.1) is 0 Å². The van der Waals surface area contributed by atoms with E-state index < -0.39 is 11.9 Å². The van der Waals surface area contributed by atoms with Gasteiger partial charge in [-0.05, 0) is 52.3 Å². The Labute approximate surface area is 147 Å². The molecule has 1 aromatic heterocycles. The molecule has 0 bridgehead atoms. The lowest BCUT2D eigenvalue weighted by Crippen LogP contribution is -2.31. The molecule has 8 heteroatoms. The summed E-state index contributed by atoms with van der Waals surface area (Å²) in [5, 5.41) is 2.40. The summed E-state index contributed by atoms with van der Waals surface area (Å²) >= 11 is 3.09. The number of rotatable bonds is 8. The molecule has 0 radical (unpaired) electrons. The molecule has 0 unspecified atom stereocenters. The van der Waals surface area contributed by atoms with Crippen LogP contribution in [-0.4, -0.2) is 38.7 Å². The molecule has 24 heavy (non-hydrogen) atoms. The number of ether oxygens (including phenoxy) is 3. The Balaban J connectivity index is 1.61. The van der Waals surface area contributed by atoms with Gasteiger partial charge < -0.3 is 23.9 Å². The smallest absolute Gasteiger partial charge is 0.325 e. The highest BCUT2D eigenvalue weighted by atomic mass is 79.9. The number of nitrogens with one attached hydrogen (secondary N) is 1. The maximum Gasteiger partial charge on any atom is 0.325 e. The van der Waals surface area contributed by atoms with Crippen molar-refractivity contribution in [2.24, 2.45) is 0 Å². The van der Waals surface area contributed by atoms with Crippen LogP contribution in [0.3, 0.4) is 0 Å². The van der Waals surface area contributed by atoms with Crippen LogP contribution in [0.25, 0.3) is 0 Å². The molecule has 0 aliphatic heterocycles. The van der Waals surface area contributed by atoms with Crippen molar-refractivity contribution in [3.8, 4) is 11.5 Å². The van der Waals surface area contributed by atoms with E-state index in [2.05, 4.69) is 21.2 Å². The number of carbonyl (C=O) groups excluding carboxylic acids is 2. The van der Waals surface area contributed by atoms with Crippen LogP contribution in [0.5, 0.6) is 11.5 Å². The van der Waals surface area contributed by atoms with Crippen LogP contribution in [0.15, 0.2) is 45.5 Å². The van der Waals surface area contributed by atoms with Gasteiger partial charge in [-0.1, -0.05) is 0 Å². The molecule has 128 valence electrons. The van der Waals surface area contributed by atoms with Crippen molar-refractivity contribution in [1.29, 1.82) is 0 Å². The predicted octanol–water partition coefficient (Wildman–Crippen LogP) is 2.40. The normalized spacial score (nSPS) is 10.1. The summed E-state index contributed by atoms with van der Waals surface area (Å²) in [4.78, 5) is 23.2. The number of hydrogen-bond acceptors (Lipinski definition) is 6. The second-order valence-electron chi connectivity index (χ2n) is 4.53. The molecule has 0 saturated carbocycles. The van der Waals surface area contributed by atoms with Gasteiger partial charge in [-0.25, -0.2) is 0 Å². The lowest BCUT2D eigenvalue weighted by atomic mass is 10.3. The first-order valence-electron chi connectivity index (χ1n) is 7.04. The zero-order chi connectivity index (χ0) is 17.4. The fourth-order valence-corrected chi connectivity index (χ4v) is 2.02. The first-order chi connectivity index (χ1) is 11.6. The molecule has 0 aliphatic rings. The van der Waals surface area contributed by atoms with Crippen LogP contribution >= 0.6 is 15.9 Å². The van der Waals surface area contributed by atoms with Gasteiger partial charge in [0.05, 0.1) is 7.11 Å². The van der Waals surface area contributed by atoms with Gasteiger partial charge in [0, 0.05) is 0 Å². The van der Waals surface area contributed by atoms with E-state index in [1.54, 1.807) is 37.4 Å². The quantitative estimate of drug-likeness (QED) is 0.543. The third-order valence-corrected chi connectivity index (χ3v) is 3.29. The van der Waals surface area contributed by atoms with E-state index in [1.807, 2.05) is 0 Å². The van der Waals surface area contributed by atoms with Crippen LogP contribution in [0.4, 0.5) is 0 Å². The number of benzene rings is 1. The number of carbonyl (C=O) groups is 2. The second-order valence-corrected chi connectivity index (χ2v) is 5.31. The molecule has 0 atom stereocenters. The molecule has 0 fully saturated rings. The molecule has 1 heterocycles. The van der Waals surface area contributed by atoms with E-state index in [0.29, 0.717) is 10.4 Å². The Morgan fingerprint density at radius 1 is 1.08 bits per heavy atom. The minimum Gasteiger partial charge on any atom is -0.497 e. The van der Waals surface area contributed by atoms with Crippen molar-refractivity contribution in [3.05, 3.63) is 46.8 Å². The molecule has 1 aromatic carbocycles. The molecule has 1 N–H and O–H groups in total. The van der Waals surface area contributed by atoms with Gasteiger partial charge in [0.1, 0.15) is 31.3 Å². The minimum atomic E-state index is -0.563. The first kappa shape index (κ1) is 17.9. The SMILES string of the molecule is COc1ccc(OCCOC(=O)CNC(=O)c2ccc(Br)o2)cc1. The topological polar surface area (TPSA) is 87.0 Å². The average Bonchev–Trinajstić information content (AvgIpc) is 3.03. The molecular weight excluding hydrogens is 382 g/mol. The van der Waals surface area contributed by atoms with Crippen LogP contribution in [0.1, 0.15) is 10.6 Å². The van der Waals surface area contributed by atoms with Crippen LogP contribution in [-0.2, 0) is 9.53 Å². The lowest BCUT2D eigenvalue weighted by molar-refractivity contribution is -0.143. The van der Waals surface area contributed by atoms with Gasteiger partial charge in [-0.2, -0.15) is 0 Å². The highest BCUT2D eigenvalue weighted by Crippen LogP contribution is 2.16. The third-order valence-electron chi connectivity index (χ3n) is 2.86. The van der Waals surface area contributed by atoms with E-state index in [0.717, 1.165) is 5.75 Å². The molecular formula is C16H16BrNO6. The molecule has 0 spiro atoms. The van der Waals surface area contributed by atoms with E-state index in [-0.39, 0.29) is 25.5 Å². The van der Waals surface area contributed by atoms with E-state index >= 15 is 0 Å². The van der Waals surface area contributed by atoms with Crippen LogP contribution in [0, 0.1) is 0 Å². The van der Waals surface area contributed by atoms with Crippen molar-refractivity contribution < 1.29 is 28.2 Å². The average molecular weight is 398 g/mol. The maximum absolute atomic E-state index is 11.7. The summed E-state index contributed by atoms with van der Waals surface area (Å²) in [5.74, 6) is 0.425. The number of amides is 1. The third kappa shape index (κ3) is 5.62. The van der Waals surface area contributed by atoms with Gasteiger partial charge >= 0.3 is 5.97 Å². The highest BCUT2D eigenvalue weighted by Gasteiger charge is 2.12. The summed E-state index contributed by atoms with van der Waals surface area (Å²) < 4.78 is 20.9. The number of esters is 1. The monoisotopic (exact) mass is 397 g/mol. The van der Waals surface area contributed by atoms with Crippen molar-refractivity contribution in [3.63, 3.8) is 0 Å². The van der Waals surface area contributed by atoms with Crippen molar-refractivity contribution in [2.75, 3.05) is 26.9 Å². The molecule has 2 aromatic rings. The fourth-order valence-electron chi connectivity index (χ4n) is 1.71.